The van der Waals surface area contributed by atoms with Crippen LogP contribution in [0.15, 0.2) is 18.5 Å². The fraction of sp³-hybridized carbons (Fsp3) is 0.364. The van der Waals surface area contributed by atoms with Crippen molar-refractivity contribution in [3.63, 3.8) is 0 Å². The lowest BCUT2D eigenvalue weighted by Gasteiger charge is -2.28. The van der Waals surface area contributed by atoms with Crippen LogP contribution in [0, 0.1) is 6.92 Å². The summed E-state index contributed by atoms with van der Waals surface area (Å²) in [6.07, 6.45) is 3.84. The molecule has 6 nitrogen and oxygen atoms in total. The molecule has 6 heteroatoms. The average Bonchev–Trinajstić information content (AvgIpc) is 2.74. The Balaban J connectivity index is 1.91. The van der Waals surface area contributed by atoms with Crippen LogP contribution in [0.3, 0.4) is 0 Å². The molecule has 0 spiro atoms. The molecule has 3 rings (SSSR count). The fourth-order valence-corrected chi connectivity index (χ4v) is 2.11. The Kier molecular flexibility index (Phi) is 2.21. The molecule has 0 aliphatic carbocycles. The maximum absolute atomic E-state index is 5.67. The molecular formula is C11H14N6. The van der Waals surface area contributed by atoms with Gasteiger partial charge in [-0.3, -0.25) is 0 Å². The van der Waals surface area contributed by atoms with E-state index in [9.17, 15) is 0 Å². The van der Waals surface area contributed by atoms with Crippen LogP contribution in [0.4, 0.5) is 11.8 Å². The smallest absolute Gasteiger partial charge is 0.222 e. The van der Waals surface area contributed by atoms with Gasteiger partial charge in [0.1, 0.15) is 11.6 Å². The third-order valence-electron chi connectivity index (χ3n) is 2.93. The number of nitrogens with zero attached hydrogens (tertiary/aromatic N) is 5. The molecule has 17 heavy (non-hydrogen) atoms. The highest BCUT2D eigenvalue weighted by Crippen LogP contribution is 2.19. The fourth-order valence-electron chi connectivity index (χ4n) is 2.11. The highest BCUT2D eigenvalue weighted by molar-refractivity contribution is 5.43. The topological polar surface area (TPSA) is 72.9 Å². The predicted octanol–water partition coefficient (Wildman–Crippen LogP) is 0.584. The van der Waals surface area contributed by atoms with Crippen LogP contribution in [-0.4, -0.2) is 26.1 Å². The second kappa shape index (κ2) is 3.73. The van der Waals surface area contributed by atoms with Crippen LogP contribution in [-0.2, 0) is 13.1 Å². The molecule has 2 aromatic rings. The molecule has 0 saturated heterocycles. The molecule has 0 atom stereocenters. The standard InChI is InChI=1S/C11H14N6/c1-8-6-9(15-11(12)14-8)17-5-4-16-3-2-13-10(16)7-17/h2-3,6H,4-5,7H2,1H3,(H2,12,14,15). The molecule has 2 N–H and O–H groups in total. The van der Waals surface area contributed by atoms with Gasteiger partial charge >= 0.3 is 0 Å². The van der Waals surface area contributed by atoms with Gasteiger partial charge in [-0.2, -0.15) is 4.98 Å². The first kappa shape index (κ1) is 10.1. The van der Waals surface area contributed by atoms with E-state index in [0.717, 1.165) is 37.0 Å². The summed E-state index contributed by atoms with van der Waals surface area (Å²) in [6.45, 7) is 4.53. The minimum Gasteiger partial charge on any atom is -0.368 e. The van der Waals surface area contributed by atoms with E-state index in [0.29, 0.717) is 5.95 Å². The molecule has 88 valence electrons. The van der Waals surface area contributed by atoms with Crippen LogP contribution in [0.5, 0.6) is 0 Å². The molecule has 0 aromatic carbocycles. The van der Waals surface area contributed by atoms with Crippen molar-refractivity contribution in [3.8, 4) is 0 Å². The van der Waals surface area contributed by atoms with E-state index in [-0.39, 0.29) is 0 Å². The minimum absolute atomic E-state index is 0.328. The van der Waals surface area contributed by atoms with Crippen molar-refractivity contribution in [2.24, 2.45) is 0 Å². The van der Waals surface area contributed by atoms with Crippen molar-refractivity contribution in [3.05, 3.63) is 30.0 Å². The van der Waals surface area contributed by atoms with Crippen LogP contribution < -0.4 is 10.6 Å². The summed E-state index contributed by atoms with van der Waals surface area (Å²) < 4.78 is 2.16. The summed E-state index contributed by atoms with van der Waals surface area (Å²) in [5.41, 5.74) is 6.56. The number of hydrogen-bond acceptors (Lipinski definition) is 5. The maximum Gasteiger partial charge on any atom is 0.222 e. The van der Waals surface area contributed by atoms with Gasteiger partial charge in [-0.25, -0.2) is 9.97 Å². The molecule has 0 saturated carbocycles. The number of hydrogen-bond donors (Lipinski definition) is 1. The van der Waals surface area contributed by atoms with Gasteiger partial charge in [-0.1, -0.05) is 0 Å². The number of anilines is 2. The van der Waals surface area contributed by atoms with E-state index in [4.69, 9.17) is 5.73 Å². The number of nitrogen functional groups attached to an aromatic ring is 1. The summed E-state index contributed by atoms with van der Waals surface area (Å²) in [5.74, 6) is 2.27. The number of aryl methyl sites for hydroxylation is 1. The number of rotatable bonds is 1. The van der Waals surface area contributed by atoms with Crippen molar-refractivity contribution in [1.29, 1.82) is 0 Å². The summed E-state index contributed by atoms with van der Waals surface area (Å²) in [5, 5.41) is 0. The van der Waals surface area contributed by atoms with E-state index in [2.05, 4.69) is 24.4 Å². The van der Waals surface area contributed by atoms with E-state index < -0.39 is 0 Å². The van der Waals surface area contributed by atoms with E-state index in [1.807, 2.05) is 25.4 Å². The number of fused-ring (bicyclic) bond motifs is 1. The Morgan fingerprint density at radius 1 is 1.29 bits per heavy atom. The number of imidazole rings is 1. The second-order valence-electron chi connectivity index (χ2n) is 4.18. The Labute approximate surface area is 99.1 Å². The van der Waals surface area contributed by atoms with Gasteiger partial charge < -0.3 is 15.2 Å². The molecule has 0 fully saturated rings. The van der Waals surface area contributed by atoms with E-state index in [1.54, 1.807) is 0 Å². The van der Waals surface area contributed by atoms with Crippen LogP contribution in [0.25, 0.3) is 0 Å². The Morgan fingerprint density at radius 2 is 2.18 bits per heavy atom. The third kappa shape index (κ3) is 1.82. The number of nitrogens with two attached hydrogens (primary N) is 1. The monoisotopic (exact) mass is 230 g/mol. The van der Waals surface area contributed by atoms with Gasteiger partial charge in [0.05, 0.1) is 6.54 Å². The minimum atomic E-state index is 0.328. The molecule has 2 aromatic heterocycles. The quantitative estimate of drug-likeness (QED) is 0.776. The van der Waals surface area contributed by atoms with E-state index in [1.165, 1.54) is 0 Å². The zero-order valence-electron chi connectivity index (χ0n) is 9.67. The first-order valence-electron chi connectivity index (χ1n) is 5.58. The summed E-state index contributed by atoms with van der Waals surface area (Å²) in [7, 11) is 0. The van der Waals surface area contributed by atoms with Crippen molar-refractivity contribution in [2.45, 2.75) is 20.0 Å². The van der Waals surface area contributed by atoms with E-state index >= 15 is 0 Å². The van der Waals surface area contributed by atoms with Gasteiger partial charge in [-0.05, 0) is 6.92 Å². The molecule has 1 aliphatic rings. The van der Waals surface area contributed by atoms with Crippen molar-refractivity contribution >= 4 is 11.8 Å². The molecule has 0 unspecified atom stereocenters. The molecule has 3 heterocycles. The lowest BCUT2D eigenvalue weighted by Crippen LogP contribution is -2.34. The van der Waals surface area contributed by atoms with Crippen LogP contribution in [0.2, 0.25) is 0 Å². The highest BCUT2D eigenvalue weighted by atomic mass is 15.3. The molecule has 0 amide bonds. The molecule has 0 bridgehead atoms. The predicted molar refractivity (Wildman–Crippen MR) is 64.5 cm³/mol. The summed E-state index contributed by atoms with van der Waals surface area (Å²) >= 11 is 0. The Morgan fingerprint density at radius 3 is 3.00 bits per heavy atom. The lowest BCUT2D eigenvalue weighted by molar-refractivity contribution is 0.556. The normalized spacial score (nSPS) is 14.8. The summed E-state index contributed by atoms with van der Waals surface area (Å²) in [4.78, 5) is 14.9. The van der Waals surface area contributed by atoms with Crippen LogP contribution in [0.1, 0.15) is 11.5 Å². The lowest BCUT2D eigenvalue weighted by atomic mass is 10.3. The van der Waals surface area contributed by atoms with Gasteiger partial charge in [0.2, 0.25) is 5.95 Å². The largest absolute Gasteiger partial charge is 0.368 e. The Bertz CT molecular complexity index is 526. The van der Waals surface area contributed by atoms with Gasteiger partial charge in [0.15, 0.2) is 0 Å². The zero-order chi connectivity index (χ0) is 11.8. The maximum atomic E-state index is 5.67. The van der Waals surface area contributed by atoms with Crippen molar-refractivity contribution < 1.29 is 0 Å². The third-order valence-corrected chi connectivity index (χ3v) is 2.93. The highest BCUT2D eigenvalue weighted by Gasteiger charge is 2.18. The second-order valence-corrected chi connectivity index (χ2v) is 4.18. The zero-order valence-corrected chi connectivity index (χ0v) is 9.67. The van der Waals surface area contributed by atoms with Crippen molar-refractivity contribution in [2.75, 3.05) is 17.2 Å². The SMILES string of the molecule is Cc1cc(N2CCn3ccnc3C2)nc(N)n1. The number of aromatic nitrogens is 4. The first-order valence-corrected chi connectivity index (χ1v) is 5.58. The molecular weight excluding hydrogens is 216 g/mol. The Hall–Kier alpha value is -2.11. The van der Waals surface area contributed by atoms with Gasteiger partial charge in [0.25, 0.3) is 0 Å². The molecule has 0 radical (unpaired) electrons. The average molecular weight is 230 g/mol. The first-order chi connectivity index (χ1) is 8.22. The van der Waals surface area contributed by atoms with Crippen LogP contribution >= 0.6 is 0 Å². The van der Waals surface area contributed by atoms with Gasteiger partial charge in [-0.15, -0.1) is 0 Å². The summed E-state index contributed by atoms with van der Waals surface area (Å²) in [6, 6.07) is 1.95. The van der Waals surface area contributed by atoms with Gasteiger partial charge in [0, 0.05) is 37.2 Å². The van der Waals surface area contributed by atoms with Crippen molar-refractivity contribution in [1.82, 2.24) is 19.5 Å². The molecule has 1 aliphatic heterocycles.